The second-order valence-corrected chi connectivity index (χ2v) is 7.19. The zero-order valence-electron chi connectivity index (χ0n) is 18.2. The molecule has 1 amide bonds. The summed E-state index contributed by atoms with van der Waals surface area (Å²) in [7, 11) is 4.60. The first kappa shape index (κ1) is 22.2. The molecule has 3 rings (SSSR count). The molecule has 0 saturated carbocycles. The minimum absolute atomic E-state index is 0.0542. The highest BCUT2D eigenvalue weighted by Gasteiger charge is 2.46. The van der Waals surface area contributed by atoms with E-state index in [2.05, 4.69) is 0 Å². The van der Waals surface area contributed by atoms with E-state index >= 15 is 0 Å². The van der Waals surface area contributed by atoms with Gasteiger partial charge in [0, 0.05) is 12.1 Å². The lowest BCUT2D eigenvalue weighted by Crippen LogP contribution is -2.30. The zero-order valence-corrected chi connectivity index (χ0v) is 18.2. The standard InChI is InChI=1S/C24H27NO6/c1-5-6-13-25-21(16-9-12-18(30-3)19(14-16)31-4)20(23(27)24(25)28)22(26)15-7-10-17(29-2)11-8-15/h7-12,14,21,26H,5-6,13H2,1-4H3. The third-order valence-corrected chi connectivity index (χ3v) is 5.38. The smallest absolute Gasteiger partial charge is 0.295 e. The van der Waals surface area contributed by atoms with Crippen LogP contribution < -0.4 is 14.2 Å². The minimum atomic E-state index is -0.728. The fraction of sp³-hybridized carbons (Fsp3) is 0.333. The van der Waals surface area contributed by atoms with Gasteiger partial charge in [-0.1, -0.05) is 19.4 Å². The van der Waals surface area contributed by atoms with Crippen molar-refractivity contribution in [1.82, 2.24) is 4.90 Å². The molecule has 1 aliphatic heterocycles. The van der Waals surface area contributed by atoms with Gasteiger partial charge < -0.3 is 24.2 Å². The van der Waals surface area contributed by atoms with Crippen LogP contribution in [0.2, 0.25) is 0 Å². The molecule has 164 valence electrons. The van der Waals surface area contributed by atoms with Crippen molar-refractivity contribution in [2.75, 3.05) is 27.9 Å². The Morgan fingerprint density at radius 2 is 1.65 bits per heavy atom. The molecule has 0 aromatic heterocycles. The Balaban J connectivity index is 2.17. The number of nitrogens with zero attached hydrogens (tertiary/aromatic N) is 1. The molecule has 7 heteroatoms. The van der Waals surface area contributed by atoms with Crippen LogP contribution in [0.5, 0.6) is 17.2 Å². The maximum Gasteiger partial charge on any atom is 0.295 e. The highest BCUT2D eigenvalue weighted by atomic mass is 16.5. The number of aliphatic hydroxyl groups is 1. The number of Topliss-reactive ketones (excluding diaryl/α,β-unsaturated/α-hetero) is 1. The molecule has 0 spiro atoms. The van der Waals surface area contributed by atoms with Gasteiger partial charge in [-0.15, -0.1) is 0 Å². The number of benzene rings is 2. The van der Waals surface area contributed by atoms with Crippen molar-refractivity contribution in [3.05, 3.63) is 59.2 Å². The summed E-state index contributed by atoms with van der Waals surface area (Å²) in [6.45, 7) is 2.42. The summed E-state index contributed by atoms with van der Waals surface area (Å²) >= 11 is 0. The van der Waals surface area contributed by atoms with E-state index < -0.39 is 17.7 Å². The molecule has 7 nitrogen and oxygen atoms in total. The minimum Gasteiger partial charge on any atom is -0.507 e. The van der Waals surface area contributed by atoms with Gasteiger partial charge in [-0.05, 0) is 48.4 Å². The van der Waals surface area contributed by atoms with Crippen LogP contribution in [0.4, 0.5) is 0 Å². The van der Waals surface area contributed by atoms with Crippen LogP contribution in [0, 0.1) is 0 Å². The first-order chi connectivity index (χ1) is 15.0. The summed E-state index contributed by atoms with van der Waals surface area (Å²) in [5.41, 5.74) is 1.14. The summed E-state index contributed by atoms with van der Waals surface area (Å²) in [6.07, 6.45) is 1.60. The molecule has 1 N–H and O–H groups in total. The van der Waals surface area contributed by atoms with Gasteiger partial charge in [0.05, 0.1) is 32.9 Å². The number of likely N-dealkylation sites (tertiary alicyclic amines) is 1. The molecule has 0 aliphatic carbocycles. The fourth-order valence-corrected chi connectivity index (χ4v) is 3.71. The number of aliphatic hydroxyl groups excluding tert-OH is 1. The Morgan fingerprint density at radius 3 is 2.23 bits per heavy atom. The van der Waals surface area contributed by atoms with Crippen molar-refractivity contribution < 1.29 is 28.9 Å². The second-order valence-electron chi connectivity index (χ2n) is 7.19. The van der Waals surface area contributed by atoms with Gasteiger partial charge in [0.2, 0.25) is 0 Å². The zero-order chi connectivity index (χ0) is 22.5. The van der Waals surface area contributed by atoms with Crippen molar-refractivity contribution >= 4 is 17.4 Å². The molecule has 1 fully saturated rings. The summed E-state index contributed by atoms with van der Waals surface area (Å²) in [5, 5.41) is 11.1. The number of rotatable bonds is 8. The predicted molar refractivity (Wildman–Crippen MR) is 116 cm³/mol. The van der Waals surface area contributed by atoms with Gasteiger partial charge >= 0.3 is 0 Å². The molecule has 0 radical (unpaired) electrons. The number of ketones is 1. The first-order valence-electron chi connectivity index (χ1n) is 10.1. The average molecular weight is 425 g/mol. The number of hydrogen-bond acceptors (Lipinski definition) is 6. The Morgan fingerprint density at radius 1 is 0.968 bits per heavy atom. The van der Waals surface area contributed by atoms with Gasteiger partial charge in [-0.2, -0.15) is 0 Å². The number of unbranched alkanes of at least 4 members (excludes halogenated alkanes) is 1. The molecular formula is C24H27NO6. The monoisotopic (exact) mass is 425 g/mol. The summed E-state index contributed by atoms with van der Waals surface area (Å²) in [5.74, 6) is 0.0844. The largest absolute Gasteiger partial charge is 0.507 e. The topological polar surface area (TPSA) is 85.3 Å². The van der Waals surface area contributed by atoms with Crippen LogP contribution in [-0.2, 0) is 9.59 Å². The summed E-state index contributed by atoms with van der Waals surface area (Å²) < 4.78 is 15.9. The summed E-state index contributed by atoms with van der Waals surface area (Å²) in [4.78, 5) is 27.4. The lowest BCUT2D eigenvalue weighted by Gasteiger charge is -2.25. The van der Waals surface area contributed by atoms with Gasteiger partial charge in [-0.25, -0.2) is 0 Å². The Labute approximate surface area is 181 Å². The van der Waals surface area contributed by atoms with Crippen LogP contribution in [0.1, 0.15) is 36.9 Å². The van der Waals surface area contributed by atoms with Crippen molar-refractivity contribution in [3.8, 4) is 17.2 Å². The molecule has 1 saturated heterocycles. The Bertz CT molecular complexity index is 996. The molecule has 31 heavy (non-hydrogen) atoms. The number of carbonyl (C=O) groups is 2. The van der Waals surface area contributed by atoms with E-state index in [1.165, 1.54) is 19.1 Å². The van der Waals surface area contributed by atoms with Crippen molar-refractivity contribution in [2.45, 2.75) is 25.8 Å². The van der Waals surface area contributed by atoms with Gasteiger partial charge in [0.25, 0.3) is 11.7 Å². The highest BCUT2D eigenvalue weighted by Crippen LogP contribution is 2.42. The Hall–Kier alpha value is -3.48. The first-order valence-corrected chi connectivity index (χ1v) is 10.1. The van der Waals surface area contributed by atoms with Crippen molar-refractivity contribution in [3.63, 3.8) is 0 Å². The fourth-order valence-electron chi connectivity index (χ4n) is 3.71. The molecule has 1 unspecified atom stereocenters. The Kier molecular flexibility index (Phi) is 6.84. The van der Waals surface area contributed by atoms with Crippen LogP contribution in [0.25, 0.3) is 5.76 Å². The van der Waals surface area contributed by atoms with Crippen LogP contribution >= 0.6 is 0 Å². The SMILES string of the molecule is CCCCN1C(=O)C(=O)C(=C(O)c2ccc(OC)cc2)C1c1ccc(OC)c(OC)c1. The molecule has 1 aliphatic rings. The van der Waals surface area contributed by atoms with Gasteiger partial charge in [0.15, 0.2) is 11.5 Å². The molecule has 2 aromatic rings. The van der Waals surface area contributed by atoms with E-state index in [0.29, 0.717) is 34.9 Å². The summed E-state index contributed by atoms with van der Waals surface area (Å²) in [6, 6.07) is 11.2. The van der Waals surface area contributed by atoms with Crippen LogP contribution in [0.3, 0.4) is 0 Å². The van der Waals surface area contributed by atoms with Crippen molar-refractivity contribution in [1.29, 1.82) is 0 Å². The predicted octanol–water partition coefficient (Wildman–Crippen LogP) is 3.93. The normalized spacial score (nSPS) is 17.7. The van der Waals surface area contributed by atoms with E-state index in [1.54, 1.807) is 49.6 Å². The molecule has 1 heterocycles. The van der Waals surface area contributed by atoms with Crippen molar-refractivity contribution in [2.24, 2.45) is 0 Å². The molecule has 0 bridgehead atoms. The molecular weight excluding hydrogens is 398 g/mol. The third-order valence-electron chi connectivity index (χ3n) is 5.38. The average Bonchev–Trinajstić information content (AvgIpc) is 3.06. The maximum atomic E-state index is 13.0. The van der Waals surface area contributed by atoms with Gasteiger partial charge in [-0.3, -0.25) is 9.59 Å². The van der Waals surface area contributed by atoms with E-state index in [-0.39, 0.29) is 11.3 Å². The van der Waals surface area contributed by atoms with Crippen LogP contribution in [0.15, 0.2) is 48.0 Å². The maximum absolute atomic E-state index is 13.0. The quantitative estimate of drug-likeness (QED) is 0.392. The number of amides is 1. The van der Waals surface area contributed by atoms with E-state index in [0.717, 1.165) is 12.8 Å². The van der Waals surface area contributed by atoms with E-state index in [9.17, 15) is 14.7 Å². The molecule has 1 atom stereocenters. The lowest BCUT2D eigenvalue weighted by atomic mass is 9.95. The third kappa shape index (κ3) is 4.21. The van der Waals surface area contributed by atoms with E-state index in [4.69, 9.17) is 14.2 Å². The van der Waals surface area contributed by atoms with Gasteiger partial charge in [0.1, 0.15) is 11.5 Å². The lowest BCUT2D eigenvalue weighted by molar-refractivity contribution is -0.139. The highest BCUT2D eigenvalue weighted by molar-refractivity contribution is 6.46. The van der Waals surface area contributed by atoms with E-state index in [1.807, 2.05) is 6.92 Å². The number of hydrogen-bond donors (Lipinski definition) is 1. The van der Waals surface area contributed by atoms with Crippen LogP contribution in [-0.4, -0.2) is 49.6 Å². The molecule has 2 aromatic carbocycles. The number of ether oxygens (including phenoxy) is 3. The number of methoxy groups -OCH3 is 3. The number of carbonyl (C=O) groups excluding carboxylic acids is 2. The second kappa shape index (κ2) is 9.55.